The SMILES string of the molecule is C=CCSc1oc(-c2ccccc2)nc1[P+](c1ccccc1)(c1ccccc1)c1ccccc1.[I-]. The normalized spacial score (nSPS) is 11.0. The molecule has 0 bridgehead atoms. The van der Waals surface area contributed by atoms with Crippen LogP contribution in [0.2, 0.25) is 0 Å². The highest BCUT2D eigenvalue weighted by molar-refractivity contribution is 8.04. The van der Waals surface area contributed by atoms with Gasteiger partial charge in [0.25, 0.3) is 5.44 Å². The van der Waals surface area contributed by atoms with Crippen molar-refractivity contribution in [3.63, 3.8) is 0 Å². The van der Waals surface area contributed by atoms with E-state index in [-0.39, 0.29) is 24.0 Å². The standard InChI is InChI=1S/C30H25NOPS.HI/c1-2-23-34-30-29(31-28(32-30)24-15-7-3-8-16-24)33(25-17-9-4-10-18-25,26-19-11-5-12-20-26)27-21-13-6-14-22-27;/h2-22H,1,23H2;1H/q+1;/p-1. The average Bonchev–Trinajstić information content (AvgIpc) is 3.35. The molecule has 5 aromatic rings. The van der Waals surface area contributed by atoms with Gasteiger partial charge in [-0.25, -0.2) is 0 Å². The van der Waals surface area contributed by atoms with Gasteiger partial charge < -0.3 is 28.4 Å². The summed E-state index contributed by atoms with van der Waals surface area (Å²) in [6.45, 7) is 3.93. The molecule has 1 heterocycles. The van der Waals surface area contributed by atoms with Crippen molar-refractivity contribution >= 4 is 40.4 Å². The number of oxazole rings is 1. The van der Waals surface area contributed by atoms with Crippen LogP contribution in [0.15, 0.2) is 143 Å². The Morgan fingerprint density at radius 3 is 1.54 bits per heavy atom. The number of halogens is 1. The maximum absolute atomic E-state index is 6.51. The first-order chi connectivity index (χ1) is 16.8. The molecule has 0 aliphatic heterocycles. The van der Waals surface area contributed by atoms with E-state index in [0.717, 1.165) is 21.8 Å². The van der Waals surface area contributed by atoms with E-state index in [1.165, 1.54) is 15.9 Å². The highest BCUT2D eigenvalue weighted by Gasteiger charge is 2.52. The molecule has 2 nitrogen and oxygen atoms in total. The van der Waals surface area contributed by atoms with Crippen LogP contribution in [0, 0.1) is 0 Å². The molecule has 4 aromatic carbocycles. The van der Waals surface area contributed by atoms with Crippen LogP contribution in [-0.2, 0) is 0 Å². The van der Waals surface area contributed by atoms with Gasteiger partial charge in [-0.1, -0.05) is 90.6 Å². The molecule has 0 saturated carbocycles. The lowest BCUT2D eigenvalue weighted by Gasteiger charge is -2.25. The summed E-state index contributed by atoms with van der Waals surface area (Å²) < 4.78 is 6.51. The van der Waals surface area contributed by atoms with Gasteiger partial charge in [0, 0.05) is 11.3 Å². The molecule has 0 radical (unpaired) electrons. The third-order valence-corrected chi connectivity index (χ3v) is 10.9. The van der Waals surface area contributed by atoms with E-state index in [9.17, 15) is 0 Å². The van der Waals surface area contributed by atoms with Gasteiger partial charge in [-0.3, -0.25) is 0 Å². The van der Waals surface area contributed by atoms with E-state index in [1.807, 2.05) is 36.4 Å². The van der Waals surface area contributed by atoms with Crippen LogP contribution in [0.25, 0.3) is 11.5 Å². The second kappa shape index (κ2) is 11.9. The van der Waals surface area contributed by atoms with Crippen LogP contribution >= 0.6 is 19.0 Å². The summed E-state index contributed by atoms with van der Waals surface area (Å²) >= 11 is 1.65. The molecule has 35 heavy (non-hydrogen) atoms. The third-order valence-electron chi connectivity index (χ3n) is 5.68. The van der Waals surface area contributed by atoms with Gasteiger partial charge in [-0.2, -0.15) is 4.98 Å². The second-order valence-electron chi connectivity index (χ2n) is 7.77. The fourth-order valence-electron chi connectivity index (χ4n) is 4.21. The van der Waals surface area contributed by atoms with Crippen molar-refractivity contribution in [2.45, 2.75) is 5.09 Å². The molecule has 0 aliphatic carbocycles. The Kier molecular flexibility index (Phi) is 8.61. The summed E-state index contributed by atoms with van der Waals surface area (Å²) in [5.74, 6) is 1.39. The molecular weight excluding hydrogens is 580 g/mol. The zero-order valence-electron chi connectivity index (χ0n) is 19.1. The van der Waals surface area contributed by atoms with Crippen molar-refractivity contribution in [1.82, 2.24) is 4.98 Å². The van der Waals surface area contributed by atoms with Gasteiger partial charge in [-0.15, -0.1) is 6.58 Å². The van der Waals surface area contributed by atoms with Crippen LogP contribution in [0.5, 0.6) is 0 Å². The minimum Gasteiger partial charge on any atom is -1.00 e. The molecule has 0 saturated heterocycles. The van der Waals surface area contributed by atoms with Crippen molar-refractivity contribution in [3.05, 3.63) is 134 Å². The topological polar surface area (TPSA) is 26.0 Å². The van der Waals surface area contributed by atoms with E-state index in [4.69, 9.17) is 9.40 Å². The Morgan fingerprint density at radius 2 is 1.11 bits per heavy atom. The van der Waals surface area contributed by atoms with E-state index in [2.05, 4.69) is 97.6 Å². The minimum atomic E-state index is -2.34. The van der Waals surface area contributed by atoms with Gasteiger partial charge in [0.05, 0.1) is 0 Å². The highest BCUT2D eigenvalue weighted by atomic mass is 127. The molecule has 0 amide bonds. The maximum Gasteiger partial charge on any atom is 0.251 e. The lowest BCUT2D eigenvalue weighted by molar-refractivity contribution is -0.00000699. The van der Waals surface area contributed by atoms with Crippen LogP contribution < -0.4 is 45.3 Å². The molecule has 0 unspecified atom stereocenters. The molecule has 0 aliphatic rings. The summed E-state index contributed by atoms with van der Waals surface area (Å²) in [7, 11) is -2.34. The minimum absolute atomic E-state index is 0. The zero-order valence-corrected chi connectivity index (χ0v) is 23.0. The molecule has 1 aromatic heterocycles. The van der Waals surface area contributed by atoms with Crippen LogP contribution in [0.3, 0.4) is 0 Å². The third kappa shape index (κ3) is 5.02. The molecule has 0 atom stereocenters. The number of thioether (sulfide) groups is 1. The van der Waals surface area contributed by atoms with Gasteiger partial charge in [0.1, 0.15) is 15.9 Å². The number of hydrogen-bond donors (Lipinski definition) is 0. The van der Waals surface area contributed by atoms with Gasteiger partial charge in [0.15, 0.2) is 7.26 Å². The number of rotatable bonds is 8. The Hall–Kier alpha value is -2.66. The van der Waals surface area contributed by atoms with E-state index in [1.54, 1.807) is 11.8 Å². The van der Waals surface area contributed by atoms with Crippen molar-refractivity contribution < 1.29 is 28.4 Å². The Morgan fingerprint density at radius 1 is 0.686 bits per heavy atom. The first-order valence-corrected chi connectivity index (χ1v) is 14.0. The Bertz CT molecular complexity index is 1260. The van der Waals surface area contributed by atoms with E-state index >= 15 is 0 Å². The van der Waals surface area contributed by atoms with Crippen LogP contribution in [0.1, 0.15) is 0 Å². The zero-order chi connectivity index (χ0) is 23.2. The average molecular weight is 605 g/mol. The smallest absolute Gasteiger partial charge is 0.251 e. The summed E-state index contributed by atoms with van der Waals surface area (Å²) in [6.07, 6.45) is 1.91. The quantitative estimate of drug-likeness (QED) is 0.118. The van der Waals surface area contributed by atoms with Gasteiger partial charge in [0.2, 0.25) is 11.0 Å². The fraction of sp³-hybridized carbons (Fsp3) is 0.0333. The van der Waals surface area contributed by atoms with Crippen LogP contribution in [0.4, 0.5) is 0 Å². The maximum atomic E-state index is 6.51. The molecule has 0 spiro atoms. The highest BCUT2D eigenvalue weighted by Crippen LogP contribution is 2.56. The predicted molar refractivity (Wildman–Crippen MR) is 148 cm³/mol. The van der Waals surface area contributed by atoms with E-state index in [0.29, 0.717) is 5.89 Å². The number of nitrogens with zero attached hydrogens (tertiary/aromatic N) is 1. The van der Waals surface area contributed by atoms with E-state index < -0.39 is 7.26 Å². The molecule has 174 valence electrons. The molecular formula is C30H25INOPS. The number of aromatic nitrogens is 1. The number of benzene rings is 4. The van der Waals surface area contributed by atoms with Crippen molar-refractivity contribution in [3.8, 4) is 11.5 Å². The number of hydrogen-bond acceptors (Lipinski definition) is 3. The van der Waals surface area contributed by atoms with Crippen molar-refractivity contribution in [2.24, 2.45) is 0 Å². The Labute approximate surface area is 228 Å². The summed E-state index contributed by atoms with van der Waals surface area (Å²) in [4.78, 5) is 5.26. The summed E-state index contributed by atoms with van der Waals surface area (Å²) in [6, 6.07) is 42.4. The summed E-state index contributed by atoms with van der Waals surface area (Å²) in [5.41, 5.74) is 1.98. The largest absolute Gasteiger partial charge is 1.00 e. The second-order valence-corrected chi connectivity index (χ2v) is 12.1. The lowest BCUT2D eigenvalue weighted by atomic mass is 10.2. The Balaban J connectivity index is 0.00000289. The lowest BCUT2D eigenvalue weighted by Crippen LogP contribution is -3.00. The first kappa shape index (κ1) is 25.4. The first-order valence-electron chi connectivity index (χ1n) is 11.2. The molecule has 0 fully saturated rings. The van der Waals surface area contributed by atoms with Gasteiger partial charge >= 0.3 is 0 Å². The summed E-state index contributed by atoms with van der Waals surface area (Å²) in [5, 5.41) is 4.60. The van der Waals surface area contributed by atoms with Crippen molar-refractivity contribution in [1.29, 1.82) is 0 Å². The monoisotopic (exact) mass is 605 g/mol. The molecule has 0 N–H and O–H groups in total. The molecule has 5 rings (SSSR count). The van der Waals surface area contributed by atoms with Gasteiger partial charge in [-0.05, 0) is 48.5 Å². The van der Waals surface area contributed by atoms with Crippen molar-refractivity contribution in [2.75, 3.05) is 5.75 Å². The molecule has 5 heteroatoms. The predicted octanol–water partition coefficient (Wildman–Crippen LogP) is 3.24. The fourth-order valence-corrected chi connectivity index (χ4v) is 9.44. The van der Waals surface area contributed by atoms with Crippen LogP contribution in [-0.4, -0.2) is 10.7 Å².